The molecule has 0 bridgehead atoms. The predicted octanol–water partition coefficient (Wildman–Crippen LogP) is 2.75. The van der Waals surface area contributed by atoms with E-state index in [4.69, 9.17) is 4.74 Å². The standard InChI is InChI=1S/C16H19FN4O2S/c17-13-7-5-12(6-8-13)15(22)4-2-10-24-16-18-19-20-21(16)11-14-3-1-9-23-14/h5-8,14H,1-4,9-11H2/t14-/m1/s1. The van der Waals surface area contributed by atoms with Crippen LogP contribution in [0.1, 0.15) is 36.0 Å². The minimum absolute atomic E-state index is 0.0227. The number of hydrogen-bond donors (Lipinski definition) is 0. The number of carbonyl (C=O) groups excluding carboxylic acids is 1. The van der Waals surface area contributed by atoms with Crippen molar-refractivity contribution >= 4 is 17.5 Å². The number of benzene rings is 1. The molecule has 24 heavy (non-hydrogen) atoms. The molecule has 2 heterocycles. The Morgan fingerprint density at radius 2 is 2.21 bits per heavy atom. The molecule has 1 aromatic heterocycles. The third-order valence-electron chi connectivity index (χ3n) is 3.85. The van der Waals surface area contributed by atoms with E-state index in [0.29, 0.717) is 24.9 Å². The normalized spacial score (nSPS) is 17.3. The van der Waals surface area contributed by atoms with Crippen LogP contribution in [0.2, 0.25) is 0 Å². The van der Waals surface area contributed by atoms with Crippen molar-refractivity contribution in [3.8, 4) is 0 Å². The van der Waals surface area contributed by atoms with Crippen molar-refractivity contribution in [2.45, 2.75) is 43.5 Å². The SMILES string of the molecule is O=C(CCCSc1nnnn1C[C@H]1CCCO1)c1ccc(F)cc1. The summed E-state index contributed by atoms with van der Waals surface area (Å²) < 4.78 is 20.2. The fourth-order valence-corrected chi connectivity index (χ4v) is 3.40. The summed E-state index contributed by atoms with van der Waals surface area (Å²) in [4.78, 5) is 12.0. The fraction of sp³-hybridized carbons (Fsp3) is 0.500. The number of Topliss-reactive ketones (excluding diaryl/α,β-unsaturated/α-hetero) is 1. The van der Waals surface area contributed by atoms with E-state index in [1.165, 1.54) is 36.0 Å². The van der Waals surface area contributed by atoms with Crippen LogP contribution < -0.4 is 0 Å². The van der Waals surface area contributed by atoms with Gasteiger partial charge in [0, 0.05) is 24.3 Å². The second kappa shape index (κ2) is 8.34. The second-order valence-electron chi connectivity index (χ2n) is 5.66. The molecule has 1 saturated heterocycles. The molecule has 0 amide bonds. The third kappa shape index (κ3) is 4.61. The number of tetrazole rings is 1. The lowest BCUT2D eigenvalue weighted by molar-refractivity contribution is 0.0912. The zero-order valence-electron chi connectivity index (χ0n) is 13.2. The Morgan fingerprint density at radius 3 is 2.96 bits per heavy atom. The van der Waals surface area contributed by atoms with Gasteiger partial charge >= 0.3 is 0 Å². The highest BCUT2D eigenvalue weighted by molar-refractivity contribution is 7.99. The Hall–Kier alpha value is -1.80. The van der Waals surface area contributed by atoms with Gasteiger partial charge in [0.1, 0.15) is 5.82 Å². The summed E-state index contributed by atoms with van der Waals surface area (Å²) in [5, 5.41) is 12.5. The summed E-state index contributed by atoms with van der Waals surface area (Å²) >= 11 is 1.54. The zero-order valence-corrected chi connectivity index (χ0v) is 14.0. The van der Waals surface area contributed by atoms with Crippen molar-refractivity contribution in [2.75, 3.05) is 12.4 Å². The molecule has 0 radical (unpaired) electrons. The molecule has 1 aromatic carbocycles. The number of carbonyl (C=O) groups is 1. The lowest BCUT2D eigenvalue weighted by atomic mass is 10.1. The van der Waals surface area contributed by atoms with Crippen LogP contribution in [0.3, 0.4) is 0 Å². The summed E-state index contributed by atoms with van der Waals surface area (Å²) in [6.45, 7) is 1.48. The van der Waals surface area contributed by atoms with Gasteiger partial charge in [-0.05, 0) is 54.0 Å². The van der Waals surface area contributed by atoms with Gasteiger partial charge in [0.05, 0.1) is 12.6 Å². The van der Waals surface area contributed by atoms with Gasteiger partial charge in [0.25, 0.3) is 0 Å². The van der Waals surface area contributed by atoms with Gasteiger partial charge < -0.3 is 4.74 Å². The molecular formula is C16H19FN4O2S. The number of rotatable bonds is 8. The van der Waals surface area contributed by atoms with E-state index in [-0.39, 0.29) is 17.7 Å². The van der Waals surface area contributed by atoms with Gasteiger partial charge in [-0.3, -0.25) is 4.79 Å². The Kier molecular flexibility index (Phi) is 5.92. The Bertz CT molecular complexity index is 671. The van der Waals surface area contributed by atoms with E-state index in [0.717, 1.165) is 30.4 Å². The molecular weight excluding hydrogens is 331 g/mol. The highest BCUT2D eigenvalue weighted by Crippen LogP contribution is 2.19. The second-order valence-corrected chi connectivity index (χ2v) is 6.72. The first-order valence-corrected chi connectivity index (χ1v) is 9.00. The van der Waals surface area contributed by atoms with Crippen molar-refractivity contribution < 1.29 is 13.9 Å². The first-order valence-electron chi connectivity index (χ1n) is 8.02. The smallest absolute Gasteiger partial charge is 0.209 e. The molecule has 2 aromatic rings. The van der Waals surface area contributed by atoms with Gasteiger partial charge in [-0.1, -0.05) is 11.8 Å². The van der Waals surface area contributed by atoms with Crippen molar-refractivity contribution in [1.82, 2.24) is 20.2 Å². The molecule has 0 aliphatic carbocycles. The molecule has 3 rings (SSSR count). The quantitative estimate of drug-likeness (QED) is 0.414. The van der Waals surface area contributed by atoms with Gasteiger partial charge in [0.15, 0.2) is 5.78 Å². The Balaban J connectivity index is 1.42. The monoisotopic (exact) mass is 350 g/mol. The Labute approximate surface area is 143 Å². The molecule has 1 atom stereocenters. The van der Waals surface area contributed by atoms with Crippen LogP contribution in [0.25, 0.3) is 0 Å². The minimum atomic E-state index is -0.333. The van der Waals surface area contributed by atoms with Crippen LogP contribution in [0.4, 0.5) is 4.39 Å². The molecule has 8 heteroatoms. The van der Waals surface area contributed by atoms with Crippen molar-refractivity contribution in [3.63, 3.8) is 0 Å². The van der Waals surface area contributed by atoms with E-state index in [9.17, 15) is 9.18 Å². The number of ether oxygens (including phenoxy) is 1. The van der Waals surface area contributed by atoms with Crippen LogP contribution in [0.15, 0.2) is 29.4 Å². The first-order chi connectivity index (χ1) is 11.7. The highest BCUT2D eigenvalue weighted by Gasteiger charge is 2.18. The molecule has 1 aliphatic rings. The van der Waals surface area contributed by atoms with Gasteiger partial charge in [0.2, 0.25) is 5.16 Å². The van der Waals surface area contributed by atoms with Crippen molar-refractivity contribution in [1.29, 1.82) is 0 Å². The van der Waals surface area contributed by atoms with E-state index in [1.807, 2.05) is 0 Å². The average Bonchev–Trinajstić information content (AvgIpc) is 3.25. The number of aromatic nitrogens is 4. The van der Waals surface area contributed by atoms with Gasteiger partial charge in [-0.25, -0.2) is 9.07 Å². The summed E-state index contributed by atoms with van der Waals surface area (Å²) in [6.07, 6.45) is 3.45. The first kappa shape index (κ1) is 17.0. The summed E-state index contributed by atoms with van der Waals surface area (Å²) in [6, 6.07) is 5.66. The number of nitrogens with zero attached hydrogens (tertiary/aromatic N) is 4. The topological polar surface area (TPSA) is 69.9 Å². The van der Waals surface area contributed by atoms with Crippen molar-refractivity contribution in [3.05, 3.63) is 35.6 Å². The summed E-state index contributed by atoms with van der Waals surface area (Å²) in [7, 11) is 0. The maximum absolute atomic E-state index is 12.9. The molecule has 1 aliphatic heterocycles. The lowest BCUT2D eigenvalue weighted by Gasteiger charge is -2.09. The highest BCUT2D eigenvalue weighted by atomic mass is 32.2. The van der Waals surface area contributed by atoms with Crippen LogP contribution in [-0.4, -0.2) is 44.5 Å². The molecule has 0 unspecified atom stereocenters. The van der Waals surface area contributed by atoms with Gasteiger partial charge in [-0.15, -0.1) is 5.10 Å². The van der Waals surface area contributed by atoms with Crippen LogP contribution in [0, 0.1) is 5.82 Å². The predicted molar refractivity (Wildman–Crippen MR) is 87.5 cm³/mol. The molecule has 1 fully saturated rings. The van der Waals surface area contributed by atoms with Gasteiger partial charge in [-0.2, -0.15) is 0 Å². The summed E-state index contributed by atoms with van der Waals surface area (Å²) in [5.41, 5.74) is 0.546. The van der Waals surface area contributed by atoms with Crippen molar-refractivity contribution in [2.24, 2.45) is 0 Å². The number of halogens is 1. The van der Waals surface area contributed by atoms with Crippen LogP contribution in [-0.2, 0) is 11.3 Å². The molecule has 0 N–H and O–H groups in total. The van der Waals surface area contributed by atoms with E-state index in [1.54, 1.807) is 4.68 Å². The Morgan fingerprint density at radius 1 is 1.38 bits per heavy atom. The van der Waals surface area contributed by atoms with Crippen LogP contribution in [0.5, 0.6) is 0 Å². The lowest BCUT2D eigenvalue weighted by Crippen LogP contribution is -2.16. The molecule has 0 spiro atoms. The zero-order chi connectivity index (χ0) is 16.8. The van der Waals surface area contributed by atoms with Crippen LogP contribution >= 0.6 is 11.8 Å². The molecule has 0 saturated carbocycles. The maximum Gasteiger partial charge on any atom is 0.209 e. The van der Waals surface area contributed by atoms with E-state index in [2.05, 4.69) is 15.5 Å². The average molecular weight is 350 g/mol. The third-order valence-corrected chi connectivity index (χ3v) is 4.89. The number of thioether (sulfide) groups is 1. The van der Waals surface area contributed by atoms with E-state index < -0.39 is 0 Å². The summed E-state index contributed by atoms with van der Waals surface area (Å²) in [5.74, 6) is 0.438. The minimum Gasteiger partial charge on any atom is -0.376 e. The maximum atomic E-state index is 12.9. The largest absolute Gasteiger partial charge is 0.376 e. The number of ketones is 1. The molecule has 128 valence electrons. The van der Waals surface area contributed by atoms with E-state index >= 15 is 0 Å². The fourth-order valence-electron chi connectivity index (χ4n) is 2.57. The molecule has 6 nitrogen and oxygen atoms in total. The number of hydrogen-bond acceptors (Lipinski definition) is 6.